The van der Waals surface area contributed by atoms with Crippen molar-refractivity contribution in [2.75, 3.05) is 0 Å². The molecule has 0 bridgehead atoms. The predicted octanol–water partition coefficient (Wildman–Crippen LogP) is 3.76. The van der Waals surface area contributed by atoms with Gasteiger partial charge in [-0.3, -0.25) is 0 Å². The van der Waals surface area contributed by atoms with Crippen LogP contribution in [0, 0.1) is 6.92 Å². The second-order valence-corrected chi connectivity index (χ2v) is 4.22. The highest BCUT2D eigenvalue weighted by atomic mass is 32.1. The van der Waals surface area contributed by atoms with E-state index in [-0.39, 0.29) is 0 Å². The molecule has 1 aromatic heterocycles. The van der Waals surface area contributed by atoms with Crippen LogP contribution in [0.3, 0.4) is 0 Å². The second-order valence-electron chi connectivity index (χ2n) is 3.02. The van der Waals surface area contributed by atoms with Crippen molar-refractivity contribution in [3.63, 3.8) is 0 Å². The Balaban J connectivity index is 2.56. The molecule has 0 aliphatic carbocycles. The van der Waals surface area contributed by atoms with Crippen LogP contribution in [0.4, 0.5) is 0 Å². The van der Waals surface area contributed by atoms with E-state index in [9.17, 15) is 0 Å². The van der Waals surface area contributed by atoms with Crippen molar-refractivity contribution in [2.24, 2.45) is 0 Å². The van der Waals surface area contributed by atoms with Gasteiger partial charge in [0.05, 0.1) is 15.6 Å². The van der Waals surface area contributed by atoms with Gasteiger partial charge in [0.15, 0.2) is 0 Å². The first kappa shape index (κ1) is 9.16. The van der Waals surface area contributed by atoms with Crippen LogP contribution in [0.2, 0.25) is 0 Å². The van der Waals surface area contributed by atoms with Crippen LogP contribution >= 0.6 is 11.3 Å². The number of nitrogens with zero attached hydrogens (tertiary/aromatic N) is 1. The van der Waals surface area contributed by atoms with Gasteiger partial charge in [-0.2, -0.15) is 0 Å². The maximum atomic E-state index is 4.41. The van der Waals surface area contributed by atoms with Gasteiger partial charge < -0.3 is 0 Å². The predicted molar refractivity (Wildman–Crippen MR) is 62.4 cm³/mol. The molecule has 0 aliphatic heterocycles. The average Bonchev–Trinajstić information content (AvgIpc) is 2.61. The van der Waals surface area contributed by atoms with Crippen molar-refractivity contribution in [1.29, 1.82) is 0 Å². The molecule has 0 atom stereocenters. The summed E-state index contributed by atoms with van der Waals surface area (Å²) in [5, 5.41) is 1.08. The van der Waals surface area contributed by atoms with Crippen molar-refractivity contribution < 1.29 is 0 Å². The van der Waals surface area contributed by atoms with E-state index in [4.69, 9.17) is 0 Å². The van der Waals surface area contributed by atoms with Gasteiger partial charge in [0.1, 0.15) is 0 Å². The fourth-order valence-electron chi connectivity index (χ4n) is 1.38. The highest BCUT2D eigenvalue weighted by molar-refractivity contribution is 7.15. The second kappa shape index (κ2) is 3.76. The Hall–Kier alpha value is -1.41. The summed E-state index contributed by atoms with van der Waals surface area (Å²) in [6.07, 6.45) is 1.81. The van der Waals surface area contributed by atoms with E-state index in [1.807, 2.05) is 31.2 Å². The Morgan fingerprint density at radius 1 is 1.29 bits per heavy atom. The van der Waals surface area contributed by atoms with Crippen LogP contribution < -0.4 is 0 Å². The van der Waals surface area contributed by atoms with Crippen LogP contribution in [0.1, 0.15) is 10.7 Å². The van der Waals surface area contributed by atoms with Crippen LogP contribution in [0.15, 0.2) is 36.9 Å². The first-order valence-electron chi connectivity index (χ1n) is 4.46. The van der Waals surface area contributed by atoms with Crippen LogP contribution in [-0.4, -0.2) is 4.98 Å². The normalized spacial score (nSPS) is 10.1. The minimum Gasteiger partial charge on any atom is -0.242 e. The molecule has 2 aromatic rings. The third-order valence-corrected chi connectivity index (χ3v) is 3.03. The molecule has 0 amide bonds. The van der Waals surface area contributed by atoms with Crippen molar-refractivity contribution in [3.8, 4) is 10.4 Å². The van der Waals surface area contributed by atoms with E-state index in [1.165, 1.54) is 10.4 Å². The van der Waals surface area contributed by atoms with Crippen molar-refractivity contribution in [3.05, 3.63) is 47.6 Å². The lowest BCUT2D eigenvalue weighted by atomic mass is 10.1. The number of hydrogen-bond acceptors (Lipinski definition) is 2. The quantitative estimate of drug-likeness (QED) is 0.721. The summed E-state index contributed by atoms with van der Waals surface area (Å²) in [4.78, 5) is 5.61. The lowest BCUT2D eigenvalue weighted by Gasteiger charge is -1.96. The molecule has 70 valence electrons. The third kappa shape index (κ3) is 1.61. The topological polar surface area (TPSA) is 12.9 Å². The molecule has 0 fully saturated rings. The van der Waals surface area contributed by atoms with E-state index in [1.54, 1.807) is 11.3 Å². The molecule has 0 N–H and O–H groups in total. The third-order valence-electron chi connectivity index (χ3n) is 1.99. The summed E-state index contributed by atoms with van der Waals surface area (Å²) in [7, 11) is 0. The Morgan fingerprint density at radius 3 is 2.64 bits per heavy atom. The van der Waals surface area contributed by atoms with E-state index >= 15 is 0 Å². The first-order chi connectivity index (χ1) is 6.81. The SMILES string of the molecule is C=Cc1nc(C)sc1-c1ccccc1. The lowest BCUT2D eigenvalue weighted by Crippen LogP contribution is -1.76. The van der Waals surface area contributed by atoms with Gasteiger partial charge >= 0.3 is 0 Å². The highest BCUT2D eigenvalue weighted by Crippen LogP contribution is 2.30. The Bertz CT molecular complexity index is 443. The average molecular weight is 201 g/mol. The molecule has 2 rings (SSSR count). The summed E-state index contributed by atoms with van der Waals surface area (Å²) in [6, 6.07) is 10.3. The zero-order valence-electron chi connectivity index (χ0n) is 8.03. The number of rotatable bonds is 2. The largest absolute Gasteiger partial charge is 0.242 e. The Labute approximate surface area is 87.8 Å². The Morgan fingerprint density at radius 2 is 2.00 bits per heavy atom. The lowest BCUT2D eigenvalue weighted by molar-refractivity contribution is 1.28. The number of aryl methyl sites for hydroxylation is 1. The van der Waals surface area contributed by atoms with E-state index in [0.29, 0.717) is 0 Å². The van der Waals surface area contributed by atoms with Crippen molar-refractivity contribution in [2.45, 2.75) is 6.92 Å². The highest BCUT2D eigenvalue weighted by Gasteiger charge is 2.07. The summed E-state index contributed by atoms with van der Waals surface area (Å²) in [5.41, 5.74) is 2.20. The number of benzene rings is 1. The maximum absolute atomic E-state index is 4.41. The zero-order valence-corrected chi connectivity index (χ0v) is 8.84. The van der Waals surface area contributed by atoms with Gasteiger partial charge in [-0.05, 0) is 18.6 Å². The smallest absolute Gasteiger partial charge is 0.0907 e. The van der Waals surface area contributed by atoms with E-state index in [2.05, 4.69) is 23.7 Å². The minimum absolute atomic E-state index is 0.985. The molecular weight excluding hydrogens is 190 g/mol. The molecule has 0 saturated carbocycles. The van der Waals surface area contributed by atoms with Crippen molar-refractivity contribution >= 4 is 17.4 Å². The van der Waals surface area contributed by atoms with Crippen molar-refractivity contribution in [1.82, 2.24) is 4.98 Å². The summed E-state index contributed by atoms with van der Waals surface area (Å²) in [5.74, 6) is 0. The van der Waals surface area contributed by atoms with Gasteiger partial charge in [-0.15, -0.1) is 11.3 Å². The van der Waals surface area contributed by atoms with Crippen LogP contribution in [0.5, 0.6) is 0 Å². The maximum Gasteiger partial charge on any atom is 0.0907 e. The molecule has 0 radical (unpaired) electrons. The van der Waals surface area contributed by atoms with Gasteiger partial charge in [0, 0.05) is 0 Å². The number of hydrogen-bond donors (Lipinski definition) is 0. The van der Waals surface area contributed by atoms with Crippen LogP contribution in [0.25, 0.3) is 16.5 Å². The fraction of sp³-hybridized carbons (Fsp3) is 0.0833. The summed E-state index contributed by atoms with van der Waals surface area (Å²) in [6.45, 7) is 5.79. The molecule has 0 aliphatic rings. The standard InChI is InChI=1S/C12H11NS/c1-3-11-12(14-9(2)13-11)10-7-5-4-6-8-10/h3-8H,1H2,2H3. The molecular formula is C12H11NS. The number of thiazole rings is 1. The van der Waals surface area contributed by atoms with E-state index < -0.39 is 0 Å². The molecule has 14 heavy (non-hydrogen) atoms. The summed E-state index contributed by atoms with van der Waals surface area (Å²) >= 11 is 1.71. The van der Waals surface area contributed by atoms with Gasteiger partial charge in [0.2, 0.25) is 0 Å². The number of aromatic nitrogens is 1. The van der Waals surface area contributed by atoms with E-state index in [0.717, 1.165) is 10.7 Å². The summed E-state index contributed by atoms with van der Waals surface area (Å²) < 4.78 is 0. The molecule has 1 heterocycles. The van der Waals surface area contributed by atoms with Gasteiger partial charge in [-0.25, -0.2) is 4.98 Å². The van der Waals surface area contributed by atoms with Gasteiger partial charge in [-0.1, -0.05) is 36.9 Å². The molecule has 0 unspecified atom stereocenters. The molecule has 1 nitrogen and oxygen atoms in total. The molecule has 2 heteroatoms. The molecule has 1 aromatic carbocycles. The van der Waals surface area contributed by atoms with Gasteiger partial charge in [0.25, 0.3) is 0 Å². The minimum atomic E-state index is 0.985. The first-order valence-corrected chi connectivity index (χ1v) is 5.28. The monoisotopic (exact) mass is 201 g/mol. The van der Waals surface area contributed by atoms with Crippen LogP contribution in [-0.2, 0) is 0 Å². The fourth-order valence-corrected chi connectivity index (χ4v) is 2.30. The molecule has 0 saturated heterocycles. The zero-order chi connectivity index (χ0) is 9.97. The molecule has 0 spiro atoms. The Kier molecular flexibility index (Phi) is 2.46.